The van der Waals surface area contributed by atoms with E-state index in [1.54, 1.807) is 20.8 Å². The Labute approximate surface area is 136 Å². The number of nitrogens with one attached hydrogen (secondary N) is 1. The fourth-order valence-corrected chi connectivity index (χ4v) is 1.87. The number of esters is 1. The first-order valence-electron chi connectivity index (χ1n) is 7.69. The van der Waals surface area contributed by atoms with E-state index >= 15 is 0 Å². The molecule has 0 saturated carbocycles. The molecule has 0 saturated heterocycles. The lowest BCUT2D eigenvalue weighted by atomic mass is 10.1. The Bertz CT molecular complexity index is 405. The van der Waals surface area contributed by atoms with E-state index in [0.29, 0.717) is 32.2 Å². The van der Waals surface area contributed by atoms with E-state index in [9.17, 15) is 14.4 Å². The van der Waals surface area contributed by atoms with Crippen LogP contribution in [-0.4, -0.2) is 52.4 Å². The molecule has 0 aliphatic rings. The van der Waals surface area contributed by atoms with Gasteiger partial charge < -0.3 is 26.0 Å². The summed E-state index contributed by atoms with van der Waals surface area (Å²) < 4.78 is 5.15. The summed E-state index contributed by atoms with van der Waals surface area (Å²) in [5.41, 5.74) is 5.13. The van der Waals surface area contributed by atoms with Gasteiger partial charge in [-0.25, -0.2) is 0 Å². The van der Waals surface area contributed by atoms with Gasteiger partial charge in [0.15, 0.2) is 0 Å². The molecule has 0 aliphatic carbocycles. The highest BCUT2D eigenvalue weighted by molar-refractivity contribution is 5.76. The van der Waals surface area contributed by atoms with Gasteiger partial charge in [0.25, 0.3) is 0 Å². The van der Waals surface area contributed by atoms with Crippen molar-refractivity contribution in [2.45, 2.75) is 70.6 Å². The molecule has 0 heterocycles. The van der Waals surface area contributed by atoms with Gasteiger partial charge in [0.1, 0.15) is 17.7 Å². The summed E-state index contributed by atoms with van der Waals surface area (Å²) in [6, 6.07) is -1.56. The van der Waals surface area contributed by atoms with Gasteiger partial charge in [-0.2, -0.15) is 0 Å². The quantitative estimate of drug-likeness (QED) is 0.321. The van der Waals surface area contributed by atoms with Crippen molar-refractivity contribution in [3.63, 3.8) is 0 Å². The number of carboxylic acid groups (broad SMARTS) is 2. The van der Waals surface area contributed by atoms with E-state index in [2.05, 4.69) is 5.32 Å². The van der Waals surface area contributed by atoms with Crippen LogP contribution in [0.1, 0.15) is 52.9 Å². The third-order valence-electron chi connectivity index (χ3n) is 2.97. The molecule has 1 unspecified atom stereocenters. The highest BCUT2D eigenvalue weighted by atomic mass is 16.6. The SMILES string of the molecule is CC(C)(C)OC(=O)C(N)CCC[C@H](NCCCC(=O)O)C(=O)O. The lowest BCUT2D eigenvalue weighted by molar-refractivity contribution is -0.156. The normalized spacial score (nSPS) is 14.1. The molecular formula is C15H28N2O6. The zero-order valence-electron chi connectivity index (χ0n) is 14.0. The number of hydrogen-bond donors (Lipinski definition) is 4. The largest absolute Gasteiger partial charge is 0.481 e. The second-order valence-corrected chi connectivity index (χ2v) is 6.41. The van der Waals surface area contributed by atoms with Crippen LogP contribution < -0.4 is 11.1 Å². The van der Waals surface area contributed by atoms with Crippen LogP contribution in [0.5, 0.6) is 0 Å². The lowest BCUT2D eigenvalue weighted by Crippen LogP contribution is -2.39. The number of carbonyl (C=O) groups excluding carboxylic acids is 1. The Balaban J connectivity index is 4.10. The number of carbonyl (C=O) groups is 3. The molecule has 0 aliphatic heterocycles. The topological polar surface area (TPSA) is 139 Å². The van der Waals surface area contributed by atoms with Crippen molar-refractivity contribution >= 4 is 17.9 Å². The average Bonchev–Trinajstić information content (AvgIpc) is 2.38. The molecule has 23 heavy (non-hydrogen) atoms. The van der Waals surface area contributed by atoms with Gasteiger partial charge in [-0.05, 0) is 53.0 Å². The second kappa shape index (κ2) is 10.2. The molecule has 0 amide bonds. The number of carboxylic acids is 2. The summed E-state index contributed by atoms with van der Waals surface area (Å²) >= 11 is 0. The fraction of sp³-hybridized carbons (Fsp3) is 0.800. The van der Waals surface area contributed by atoms with Crippen LogP contribution in [-0.2, 0) is 19.1 Å². The van der Waals surface area contributed by atoms with E-state index in [0.717, 1.165) is 0 Å². The molecule has 8 heteroatoms. The molecule has 0 aromatic carbocycles. The maximum atomic E-state index is 11.7. The minimum absolute atomic E-state index is 0.0111. The first-order valence-corrected chi connectivity index (χ1v) is 7.69. The summed E-state index contributed by atoms with van der Waals surface area (Å²) in [6.07, 6.45) is 1.43. The van der Waals surface area contributed by atoms with E-state index in [-0.39, 0.29) is 6.42 Å². The zero-order valence-corrected chi connectivity index (χ0v) is 14.0. The van der Waals surface area contributed by atoms with Crippen LogP contribution in [0.25, 0.3) is 0 Å². The van der Waals surface area contributed by atoms with Gasteiger partial charge in [0.2, 0.25) is 0 Å². The van der Waals surface area contributed by atoms with Crippen LogP contribution in [0.2, 0.25) is 0 Å². The minimum atomic E-state index is -1.01. The predicted molar refractivity (Wildman–Crippen MR) is 84.0 cm³/mol. The van der Waals surface area contributed by atoms with Gasteiger partial charge in [-0.1, -0.05) is 0 Å². The number of ether oxygens (including phenoxy) is 1. The fourth-order valence-electron chi connectivity index (χ4n) is 1.87. The Morgan fingerprint density at radius 2 is 1.74 bits per heavy atom. The molecule has 5 N–H and O–H groups in total. The summed E-state index contributed by atoms with van der Waals surface area (Å²) in [7, 11) is 0. The molecule has 0 bridgehead atoms. The summed E-state index contributed by atoms with van der Waals surface area (Å²) in [5, 5.41) is 20.4. The molecule has 8 nitrogen and oxygen atoms in total. The first-order chi connectivity index (χ1) is 10.5. The van der Waals surface area contributed by atoms with Gasteiger partial charge in [0.05, 0.1) is 0 Å². The van der Waals surface area contributed by atoms with Crippen molar-refractivity contribution in [2.24, 2.45) is 5.73 Å². The van der Waals surface area contributed by atoms with Crippen molar-refractivity contribution in [2.75, 3.05) is 6.54 Å². The first kappa shape index (κ1) is 21.3. The molecule has 0 aromatic heterocycles. The highest BCUT2D eigenvalue weighted by Crippen LogP contribution is 2.11. The smallest absolute Gasteiger partial charge is 0.323 e. The Morgan fingerprint density at radius 1 is 1.13 bits per heavy atom. The van der Waals surface area contributed by atoms with Crippen LogP contribution in [0.4, 0.5) is 0 Å². The Morgan fingerprint density at radius 3 is 2.22 bits per heavy atom. The van der Waals surface area contributed by atoms with Crippen molar-refractivity contribution < 1.29 is 29.3 Å². The van der Waals surface area contributed by atoms with E-state index in [1.165, 1.54) is 0 Å². The lowest BCUT2D eigenvalue weighted by Gasteiger charge is -2.22. The molecule has 0 aromatic rings. The number of nitrogens with two attached hydrogens (primary N) is 1. The van der Waals surface area contributed by atoms with E-state index in [4.69, 9.17) is 20.7 Å². The van der Waals surface area contributed by atoms with Crippen LogP contribution in [0.3, 0.4) is 0 Å². The van der Waals surface area contributed by atoms with Crippen molar-refractivity contribution in [3.8, 4) is 0 Å². The molecule has 134 valence electrons. The molecule has 0 radical (unpaired) electrons. The maximum absolute atomic E-state index is 11.7. The Kier molecular flexibility index (Phi) is 9.43. The molecule has 2 atom stereocenters. The van der Waals surface area contributed by atoms with Crippen LogP contribution in [0, 0.1) is 0 Å². The molecule has 0 rings (SSSR count). The standard InChI is InChI=1S/C15H28N2O6/c1-15(2,3)23-14(22)10(16)6-4-7-11(13(20)21)17-9-5-8-12(18)19/h10-11,17H,4-9,16H2,1-3H3,(H,18,19)(H,20,21)/t10?,11-/m0/s1. The summed E-state index contributed by atoms with van der Waals surface area (Å²) in [4.78, 5) is 33.2. The van der Waals surface area contributed by atoms with Gasteiger partial charge >= 0.3 is 17.9 Å². The van der Waals surface area contributed by atoms with Gasteiger partial charge in [0, 0.05) is 6.42 Å². The van der Waals surface area contributed by atoms with E-state index < -0.39 is 35.6 Å². The molecule has 0 fully saturated rings. The van der Waals surface area contributed by atoms with Crippen molar-refractivity contribution in [3.05, 3.63) is 0 Å². The Hall–Kier alpha value is -1.67. The van der Waals surface area contributed by atoms with Crippen LogP contribution >= 0.6 is 0 Å². The van der Waals surface area contributed by atoms with Gasteiger partial charge in [-0.3, -0.25) is 14.4 Å². The van der Waals surface area contributed by atoms with Crippen molar-refractivity contribution in [1.29, 1.82) is 0 Å². The second-order valence-electron chi connectivity index (χ2n) is 6.41. The zero-order chi connectivity index (χ0) is 18.0. The third-order valence-corrected chi connectivity index (χ3v) is 2.97. The van der Waals surface area contributed by atoms with Gasteiger partial charge in [-0.15, -0.1) is 0 Å². The van der Waals surface area contributed by atoms with Crippen molar-refractivity contribution in [1.82, 2.24) is 5.32 Å². The monoisotopic (exact) mass is 332 g/mol. The maximum Gasteiger partial charge on any atom is 0.323 e. The summed E-state index contributed by atoms with van der Waals surface area (Å²) in [5.74, 6) is -2.42. The minimum Gasteiger partial charge on any atom is -0.481 e. The van der Waals surface area contributed by atoms with Crippen LogP contribution in [0.15, 0.2) is 0 Å². The third kappa shape index (κ3) is 11.5. The number of rotatable bonds is 11. The predicted octanol–water partition coefficient (Wildman–Crippen LogP) is 0.733. The molecular weight excluding hydrogens is 304 g/mol. The number of hydrogen-bond acceptors (Lipinski definition) is 6. The number of aliphatic carboxylic acids is 2. The highest BCUT2D eigenvalue weighted by Gasteiger charge is 2.23. The average molecular weight is 332 g/mol. The molecule has 0 spiro atoms. The summed E-state index contributed by atoms with van der Waals surface area (Å²) in [6.45, 7) is 5.55. The van der Waals surface area contributed by atoms with E-state index in [1.807, 2.05) is 0 Å².